The number of aromatic carboxylic acids is 3. The monoisotopic (exact) mass is 580 g/mol. The van der Waals surface area contributed by atoms with E-state index in [1.54, 1.807) is 0 Å². The van der Waals surface area contributed by atoms with Crippen LogP contribution in [0.25, 0.3) is 0 Å². The van der Waals surface area contributed by atoms with E-state index in [1.165, 1.54) is 0 Å². The summed E-state index contributed by atoms with van der Waals surface area (Å²) in [7, 11) is 0. The van der Waals surface area contributed by atoms with Crippen molar-refractivity contribution in [2.45, 2.75) is 0 Å². The number of carbonyl (C=O) groups is 3. The van der Waals surface area contributed by atoms with Gasteiger partial charge in [-0.3, -0.25) is 29.3 Å². The Morgan fingerprint density at radius 2 is 0.676 bits per heavy atom. The van der Waals surface area contributed by atoms with Crippen molar-refractivity contribution >= 4 is 43.8 Å². The molecule has 3 heterocycles. The fourth-order valence-electron chi connectivity index (χ4n) is 1.74. The van der Waals surface area contributed by atoms with E-state index in [2.05, 4.69) is 0 Å². The summed E-state index contributed by atoms with van der Waals surface area (Å²) in [5.74, 6) is -4.77. The van der Waals surface area contributed by atoms with E-state index < -0.39 is 68.7 Å². The Hall–Kier alpha value is -4.68. The van der Waals surface area contributed by atoms with Gasteiger partial charge in [-0.15, -0.1) is 0 Å². The van der Waals surface area contributed by atoms with Crippen LogP contribution in [0, 0.1) is 0 Å². The first-order valence-corrected chi connectivity index (χ1v) is 7.93. The second-order valence-corrected chi connectivity index (χ2v) is 5.37. The van der Waals surface area contributed by atoms with Gasteiger partial charge in [0.1, 0.15) is 0 Å². The van der Waals surface area contributed by atoms with Gasteiger partial charge in [0.15, 0.2) is 0 Å². The molecule has 34 heavy (non-hydrogen) atoms. The summed E-state index contributed by atoms with van der Waals surface area (Å²) in [6, 6.07) is 2.20. The Bertz CT molecular complexity index is 1270. The number of aromatic amines is 6. The van der Waals surface area contributed by atoms with Gasteiger partial charge in [-0.25, -0.2) is 14.4 Å². The minimum Gasteiger partial charge on any atom is -0.543 e. The summed E-state index contributed by atoms with van der Waals surface area (Å²) in [6.45, 7) is 0. The summed E-state index contributed by atoms with van der Waals surface area (Å²) in [5.41, 5.74) is -6.49. The van der Waals surface area contributed by atoms with Gasteiger partial charge in [0, 0.05) is 18.2 Å². The SMILES string of the molecule is O=C([O-])c1cc(=O)[nH]c(=O)[nH]1.O=C([O-])c1cc(=O)[nH]c(=O)[nH]1.O=C([O-])c1cc(=O)[nH]c(=O)[nH]1.[In+3]. The molecule has 174 valence electrons. The van der Waals surface area contributed by atoms with Crippen molar-refractivity contribution in [1.82, 2.24) is 29.9 Å². The number of carbonyl (C=O) groups excluding carboxylic acids is 3. The molecule has 0 aromatic carbocycles. The molecule has 0 aliphatic heterocycles. The number of nitrogens with one attached hydrogen (secondary N) is 6. The molecular formula is C15H9InN6O12. The summed E-state index contributed by atoms with van der Waals surface area (Å²) < 4.78 is 0. The van der Waals surface area contributed by atoms with Crippen molar-refractivity contribution in [2.75, 3.05) is 0 Å². The van der Waals surface area contributed by atoms with Gasteiger partial charge in [-0.1, -0.05) is 0 Å². The summed E-state index contributed by atoms with van der Waals surface area (Å²) in [6.07, 6.45) is 0. The molecule has 0 bridgehead atoms. The summed E-state index contributed by atoms with van der Waals surface area (Å²) >= 11 is 0. The standard InChI is InChI=1S/3C5H4N2O4.In/c3*8-3-1-2(4(9)10)6-5(11)7-3;/h3*1H,(H,9,10)(H2,6,7,8,11);/q;;;+3/p-3. The third-order valence-corrected chi connectivity index (χ3v) is 2.94. The zero-order valence-corrected chi connectivity index (χ0v) is 19.5. The Labute approximate surface area is 201 Å². The average molecular weight is 580 g/mol. The van der Waals surface area contributed by atoms with E-state index in [-0.39, 0.29) is 25.8 Å². The largest absolute Gasteiger partial charge is 3.00 e. The molecule has 3 aromatic heterocycles. The number of hydrogen-bond donors (Lipinski definition) is 6. The average Bonchev–Trinajstić information content (AvgIpc) is 2.66. The number of H-pyrrole nitrogens is 6. The van der Waals surface area contributed by atoms with Crippen LogP contribution < -0.4 is 49.1 Å². The molecule has 0 saturated heterocycles. The first-order valence-electron chi connectivity index (χ1n) is 7.93. The van der Waals surface area contributed by atoms with Crippen molar-refractivity contribution in [3.05, 3.63) is 97.8 Å². The Morgan fingerprint density at radius 1 is 0.471 bits per heavy atom. The van der Waals surface area contributed by atoms with Crippen LogP contribution in [-0.4, -0.2) is 73.7 Å². The Morgan fingerprint density at radius 3 is 0.824 bits per heavy atom. The molecule has 0 radical (unpaired) electrons. The van der Waals surface area contributed by atoms with Gasteiger partial charge in [0.2, 0.25) is 0 Å². The van der Waals surface area contributed by atoms with Crippen LogP contribution in [-0.2, 0) is 0 Å². The van der Waals surface area contributed by atoms with Gasteiger partial charge < -0.3 is 44.7 Å². The number of hydrogen-bond acceptors (Lipinski definition) is 12. The van der Waals surface area contributed by atoms with E-state index in [1.807, 2.05) is 29.9 Å². The van der Waals surface area contributed by atoms with Crippen LogP contribution in [0.5, 0.6) is 0 Å². The molecule has 6 N–H and O–H groups in total. The van der Waals surface area contributed by atoms with Crippen LogP contribution in [0.3, 0.4) is 0 Å². The molecule has 0 spiro atoms. The van der Waals surface area contributed by atoms with Crippen LogP contribution >= 0.6 is 0 Å². The van der Waals surface area contributed by atoms with E-state index in [0.717, 1.165) is 18.2 Å². The first-order chi connectivity index (χ1) is 15.3. The molecule has 3 aromatic rings. The first kappa shape index (κ1) is 29.3. The fourth-order valence-corrected chi connectivity index (χ4v) is 1.74. The number of carboxylic acids is 3. The van der Waals surface area contributed by atoms with Crippen molar-refractivity contribution in [2.24, 2.45) is 0 Å². The Balaban J connectivity index is 0.000000473. The molecule has 3 rings (SSSR count). The second-order valence-electron chi connectivity index (χ2n) is 5.37. The van der Waals surface area contributed by atoms with Gasteiger partial charge >= 0.3 is 42.9 Å². The molecular weight excluding hydrogens is 571 g/mol. The van der Waals surface area contributed by atoms with Crippen molar-refractivity contribution in [3.63, 3.8) is 0 Å². The topological polar surface area (TPSA) is 318 Å². The second kappa shape index (κ2) is 13.0. The minimum atomic E-state index is -1.59. The zero-order valence-electron chi connectivity index (χ0n) is 16.2. The van der Waals surface area contributed by atoms with Gasteiger partial charge in [0.05, 0.1) is 35.0 Å². The number of rotatable bonds is 3. The quantitative estimate of drug-likeness (QED) is 0.168. The Kier molecular flexibility index (Phi) is 11.2. The van der Waals surface area contributed by atoms with E-state index in [9.17, 15) is 58.5 Å². The summed E-state index contributed by atoms with van der Waals surface area (Å²) in [4.78, 5) is 104. The molecule has 0 atom stereocenters. The molecule has 18 nitrogen and oxygen atoms in total. The molecule has 0 aliphatic rings. The van der Waals surface area contributed by atoms with E-state index in [0.29, 0.717) is 0 Å². The van der Waals surface area contributed by atoms with E-state index in [4.69, 9.17) is 0 Å². The van der Waals surface area contributed by atoms with Crippen molar-refractivity contribution in [3.8, 4) is 0 Å². The zero-order chi connectivity index (χ0) is 25.3. The predicted molar refractivity (Wildman–Crippen MR) is 102 cm³/mol. The molecule has 0 aliphatic carbocycles. The number of aromatic nitrogens is 6. The third kappa shape index (κ3) is 10.1. The predicted octanol–water partition coefficient (Wildman–Crippen LogP) is -8.10. The maximum Gasteiger partial charge on any atom is 3.00 e. The smallest absolute Gasteiger partial charge is 0.543 e. The van der Waals surface area contributed by atoms with Crippen molar-refractivity contribution in [1.29, 1.82) is 0 Å². The number of carboxylic acid groups (broad SMARTS) is 3. The molecule has 0 unspecified atom stereocenters. The maximum atomic E-state index is 10.4. The molecule has 0 fully saturated rings. The normalized spacial score (nSPS) is 9.18. The van der Waals surface area contributed by atoms with Crippen LogP contribution in [0.4, 0.5) is 0 Å². The van der Waals surface area contributed by atoms with Crippen molar-refractivity contribution < 1.29 is 29.7 Å². The maximum absolute atomic E-state index is 10.4. The van der Waals surface area contributed by atoms with Gasteiger partial charge in [0.25, 0.3) is 16.7 Å². The fraction of sp³-hybridized carbons (Fsp3) is 0. The minimum absolute atomic E-state index is 0. The van der Waals surface area contributed by atoms with E-state index >= 15 is 0 Å². The van der Waals surface area contributed by atoms with Gasteiger partial charge in [-0.2, -0.15) is 0 Å². The molecule has 19 heteroatoms. The molecule has 0 amide bonds. The molecule has 0 saturated carbocycles. The van der Waals surface area contributed by atoms with Crippen LogP contribution in [0.15, 0.2) is 47.0 Å². The summed E-state index contributed by atoms with van der Waals surface area (Å²) in [5, 5.41) is 30.2. The third-order valence-electron chi connectivity index (χ3n) is 2.94. The van der Waals surface area contributed by atoms with Crippen LogP contribution in [0.2, 0.25) is 0 Å². The van der Waals surface area contributed by atoms with Gasteiger partial charge in [-0.05, 0) is 0 Å². The van der Waals surface area contributed by atoms with Crippen LogP contribution in [0.1, 0.15) is 31.5 Å².